The molecule has 0 amide bonds. The van der Waals surface area contributed by atoms with Gasteiger partial charge in [-0.05, 0) is 46.0 Å². The number of hydrogen-bond donors (Lipinski definition) is 2. The molecule has 0 saturated heterocycles. The van der Waals surface area contributed by atoms with Crippen molar-refractivity contribution in [1.82, 2.24) is 0 Å². The lowest BCUT2D eigenvalue weighted by molar-refractivity contribution is -0.383. The minimum Gasteiger partial charge on any atom is -0.480 e. The Balaban J connectivity index is 1.31. The van der Waals surface area contributed by atoms with E-state index in [2.05, 4.69) is 11.4 Å². The number of hydrogen-bond acceptors (Lipinski definition) is 5. The smallest absolute Gasteiger partial charge is 0.326 e. The molecule has 0 aliphatic rings. The molecule has 1 unspecified atom stereocenters. The van der Waals surface area contributed by atoms with Crippen LogP contribution in [0.25, 0.3) is 44.2 Å². The Hall–Kier alpha value is -5.43. The third-order valence-electron chi connectivity index (χ3n) is 7.04. The fraction of sp³-hybridized carbons (Fsp3) is 0.0606. The number of fused-ring (bicyclic) bond motifs is 3. The van der Waals surface area contributed by atoms with E-state index in [9.17, 15) is 20.0 Å². The number of carbonyl (C=O) groups is 1. The van der Waals surface area contributed by atoms with Crippen LogP contribution in [-0.4, -0.2) is 22.0 Å². The lowest BCUT2D eigenvalue weighted by Crippen LogP contribution is -2.31. The molecule has 6 aromatic rings. The minimum absolute atomic E-state index is 0.159. The molecule has 0 saturated carbocycles. The highest BCUT2D eigenvalue weighted by atomic mass is 16.6. The molecule has 0 aliphatic carbocycles. The van der Waals surface area contributed by atoms with Crippen molar-refractivity contribution in [3.05, 3.63) is 131 Å². The van der Waals surface area contributed by atoms with E-state index in [0.717, 1.165) is 44.2 Å². The third-order valence-corrected chi connectivity index (χ3v) is 7.04. The zero-order valence-electron chi connectivity index (χ0n) is 21.3. The summed E-state index contributed by atoms with van der Waals surface area (Å²) in [5.41, 5.74) is 5.94. The number of nitrogens with zero attached hydrogens (tertiary/aromatic N) is 1. The molecular formula is C33H24N2O5. The Bertz CT molecular complexity index is 1860. The molecule has 0 bridgehead atoms. The first kappa shape index (κ1) is 24.9. The van der Waals surface area contributed by atoms with Crippen molar-refractivity contribution in [1.29, 1.82) is 0 Å². The Morgan fingerprint density at radius 1 is 0.800 bits per heavy atom. The fourth-order valence-electron chi connectivity index (χ4n) is 5.08. The van der Waals surface area contributed by atoms with Crippen LogP contribution in [0.2, 0.25) is 0 Å². The summed E-state index contributed by atoms with van der Waals surface area (Å²) in [4.78, 5) is 23.4. The van der Waals surface area contributed by atoms with Crippen molar-refractivity contribution < 1.29 is 19.2 Å². The van der Waals surface area contributed by atoms with Crippen LogP contribution in [-0.2, 0) is 11.2 Å². The van der Waals surface area contributed by atoms with Gasteiger partial charge in [-0.15, -0.1) is 0 Å². The van der Waals surface area contributed by atoms with Crippen LogP contribution in [0.5, 0.6) is 0 Å². The number of nitro benzene ring substituents is 1. The SMILES string of the molecule is O=C(O)C(Cc1ccccc1)Nc1ccc(-c2ccc(-c3cccc4oc5ccccc5c34)cc2)cc1[N+](=O)[O-]. The van der Waals surface area contributed by atoms with Crippen molar-refractivity contribution in [2.75, 3.05) is 5.32 Å². The molecule has 1 heterocycles. The molecule has 1 aromatic heterocycles. The minimum atomic E-state index is -1.08. The van der Waals surface area contributed by atoms with Gasteiger partial charge in [-0.25, -0.2) is 4.79 Å². The Morgan fingerprint density at radius 2 is 1.48 bits per heavy atom. The number of para-hydroxylation sites is 1. The molecule has 196 valence electrons. The van der Waals surface area contributed by atoms with Crippen LogP contribution >= 0.6 is 0 Å². The monoisotopic (exact) mass is 528 g/mol. The van der Waals surface area contributed by atoms with Gasteiger partial charge in [-0.2, -0.15) is 0 Å². The van der Waals surface area contributed by atoms with Crippen LogP contribution in [0.4, 0.5) is 11.4 Å². The molecule has 0 spiro atoms. The quantitative estimate of drug-likeness (QED) is 0.153. The molecule has 6 rings (SSSR count). The summed E-state index contributed by atoms with van der Waals surface area (Å²) >= 11 is 0. The van der Waals surface area contributed by atoms with Crippen molar-refractivity contribution in [2.45, 2.75) is 12.5 Å². The van der Waals surface area contributed by atoms with E-state index in [1.807, 2.05) is 91.0 Å². The Kier molecular flexibility index (Phi) is 6.46. The summed E-state index contributed by atoms with van der Waals surface area (Å²) in [6, 6.07) is 34.7. The highest BCUT2D eigenvalue weighted by molar-refractivity contribution is 6.12. The lowest BCUT2D eigenvalue weighted by Gasteiger charge is -2.16. The van der Waals surface area contributed by atoms with E-state index in [0.29, 0.717) is 5.56 Å². The number of rotatable bonds is 8. The van der Waals surface area contributed by atoms with Gasteiger partial charge in [0.2, 0.25) is 0 Å². The van der Waals surface area contributed by atoms with Gasteiger partial charge in [0.25, 0.3) is 5.69 Å². The van der Waals surface area contributed by atoms with Gasteiger partial charge in [0.05, 0.1) is 4.92 Å². The first-order valence-corrected chi connectivity index (χ1v) is 12.8. The van der Waals surface area contributed by atoms with Crippen molar-refractivity contribution in [2.24, 2.45) is 0 Å². The number of anilines is 1. The third kappa shape index (κ3) is 4.76. The first-order valence-electron chi connectivity index (χ1n) is 12.8. The summed E-state index contributed by atoms with van der Waals surface area (Å²) in [6.07, 6.45) is 0.190. The van der Waals surface area contributed by atoms with Gasteiger partial charge >= 0.3 is 5.97 Å². The molecule has 7 nitrogen and oxygen atoms in total. The second kappa shape index (κ2) is 10.4. The van der Waals surface area contributed by atoms with Crippen LogP contribution in [0.1, 0.15) is 5.56 Å². The molecular weight excluding hydrogens is 504 g/mol. The van der Waals surface area contributed by atoms with Crippen LogP contribution < -0.4 is 5.32 Å². The van der Waals surface area contributed by atoms with Crippen molar-refractivity contribution >= 4 is 39.3 Å². The Labute approximate surface area is 229 Å². The number of benzene rings is 5. The highest BCUT2D eigenvalue weighted by Crippen LogP contribution is 2.38. The molecule has 5 aromatic carbocycles. The molecule has 2 N–H and O–H groups in total. The van der Waals surface area contributed by atoms with Crippen LogP contribution in [0.3, 0.4) is 0 Å². The summed E-state index contributed by atoms with van der Waals surface area (Å²) in [7, 11) is 0. The maximum atomic E-state index is 12.0. The van der Waals surface area contributed by atoms with Gasteiger partial charge in [0, 0.05) is 23.3 Å². The standard InChI is InChI=1S/C33H24N2O5/c36-33(37)28(19-21-7-2-1-3-8-21)34-27-18-17-24(20-29(27)35(38)39)22-13-15-23(16-14-22)25-10-6-12-31-32(25)26-9-4-5-11-30(26)40-31/h1-18,20,28,34H,19H2,(H,36,37). The van der Waals surface area contributed by atoms with Crippen molar-refractivity contribution in [3.63, 3.8) is 0 Å². The molecule has 7 heteroatoms. The molecule has 0 fully saturated rings. The summed E-state index contributed by atoms with van der Waals surface area (Å²) in [6.45, 7) is 0. The summed E-state index contributed by atoms with van der Waals surface area (Å²) in [5, 5.41) is 26.7. The summed E-state index contributed by atoms with van der Waals surface area (Å²) in [5.74, 6) is -1.08. The van der Waals surface area contributed by atoms with E-state index in [4.69, 9.17) is 4.42 Å². The summed E-state index contributed by atoms with van der Waals surface area (Å²) < 4.78 is 6.02. The fourth-order valence-corrected chi connectivity index (χ4v) is 5.08. The second-order valence-corrected chi connectivity index (χ2v) is 9.57. The normalized spacial score (nSPS) is 11.9. The second-order valence-electron chi connectivity index (χ2n) is 9.57. The van der Waals surface area contributed by atoms with Crippen LogP contribution in [0.15, 0.2) is 120 Å². The van der Waals surface area contributed by atoms with E-state index in [1.54, 1.807) is 12.1 Å². The molecule has 0 radical (unpaired) electrons. The van der Waals surface area contributed by atoms with E-state index in [-0.39, 0.29) is 17.8 Å². The lowest BCUT2D eigenvalue weighted by atomic mass is 9.96. The first-order chi connectivity index (χ1) is 19.5. The zero-order valence-corrected chi connectivity index (χ0v) is 21.3. The Morgan fingerprint density at radius 3 is 2.23 bits per heavy atom. The highest BCUT2D eigenvalue weighted by Gasteiger charge is 2.23. The van der Waals surface area contributed by atoms with Gasteiger partial charge < -0.3 is 14.8 Å². The largest absolute Gasteiger partial charge is 0.480 e. The number of nitro groups is 1. The number of furan rings is 1. The number of carboxylic acid groups (broad SMARTS) is 1. The van der Waals surface area contributed by atoms with Gasteiger partial charge in [0.1, 0.15) is 22.9 Å². The van der Waals surface area contributed by atoms with E-state index < -0.39 is 16.9 Å². The average molecular weight is 529 g/mol. The molecule has 0 aliphatic heterocycles. The van der Waals surface area contributed by atoms with Crippen LogP contribution in [0, 0.1) is 10.1 Å². The molecule has 40 heavy (non-hydrogen) atoms. The number of carboxylic acids is 1. The van der Waals surface area contributed by atoms with Gasteiger partial charge in [-0.1, -0.05) is 91.0 Å². The van der Waals surface area contributed by atoms with Gasteiger partial charge in [0.15, 0.2) is 0 Å². The number of aliphatic carboxylic acids is 1. The predicted octanol–water partition coefficient (Wildman–Crippen LogP) is 7.94. The maximum absolute atomic E-state index is 12.0. The van der Waals surface area contributed by atoms with E-state index >= 15 is 0 Å². The predicted molar refractivity (Wildman–Crippen MR) is 156 cm³/mol. The molecule has 1 atom stereocenters. The average Bonchev–Trinajstić information content (AvgIpc) is 3.36. The van der Waals surface area contributed by atoms with E-state index in [1.165, 1.54) is 6.07 Å². The number of nitrogens with one attached hydrogen (secondary N) is 1. The maximum Gasteiger partial charge on any atom is 0.326 e. The topological polar surface area (TPSA) is 106 Å². The van der Waals surface area contributed by atoms with Crippen molar-refractivity contribution in [3.8, 4) is 22.3 Å². The zero-order chi connectivity index (χ0) is 27.6. The van der Waals surface area contributed by atoms with Gasteiger partial charge in [-0.3, -0.25) is 10.1 Å².